The average Bonchev–Trinajstić information content (AvgIpc) is 2.49. The summed E-state index contributed by atoms with van der Waals surface area (Å²) >= 11 is 5.81. The molecule has 0 amide bonds. The Morgan fingerprint density at radius 3 is 2.62 bits per heavy atom. The van der Waals surface area contributed by atoms with E-state index in [0.717, 1.165) is 18.7 Å². The zero-order valence-electron chi connectivity index (χ0n) is 12.0. The second kappa shape index (κ2) is 8.01. The summed E-state index contributed by atoms with van der Waals surface area (Å²) in [5, 5.41) is 3.71. The number of halogens is 2. The molecule has 2 aromatic carbocycles. The zero-order chi connectivity index (χ0) is 15.1. The van der Waals surface area contributed by atoms with Gasteiger partial charge in [0.15, 0.2) is 0 Å². The summed E-state index contributed by atoms with van der Waals surface area (Å²) in [6, 6.07) is 14.0. The minimum Gasteiger partial charge on any atom is -0.492 e. The van der Waals surface area contributed by atoms with Gasteiger partial charge in [-0.05, 0) is 37.2 Å². The molecule has 0 saturated heterocycles. The summed E-state index contributed by atoms with van der Waals surface area (Å²) < 4.78 is 19.8. The Hall–Kier alpha value is -1.58. The van der Waals surface area contributed by atoms with Gasteiger partial charge >= 0.3 is 0 Å². The fourth-order valence-corrected chi connectivity index (χ4v) is 2.22. The molecule has 112 valence electrons. The SMILES string of the molecule is CCCNC(COc1ccccc1)c1ccc(Cl)cc1F. The molecule has 0 fully saturated rings. The van der Waals surface area contributed by atoms with E-state index >= 15 is 0 Å². The third-order valence-electron chi connectivity index (χ3n) is 3.14. The second-order valence-electron chi connectivity index (χ2n) is 4.80. The number of ether oxygens (including phenoxy) is 1. The highest BCUT2D eigenvalue weighted by Crippen LogP contribution is 2.22. The highest BCUT2D eigenvalue weighted by molar-refractivity contribution is 6.30. The predicted octanol–water partition coefficient (Wildman–Crippen LogP) is 4.60. The standard InChI is InChI=1S/C17H19ClFNO/c1-2-10-20-17(12-21-14-6-4-3-5-7-14)15-9-8-13(18)11-16(15)19/h3-9,11,17,20H,2,10,12H2,1H3. The van der Waals surface area contributed by atoms with Gasteiger partial charge in [0.25, 0.3) is 0 Å². The van der Waals surface area contributed by atoms with Crippen LogP contribution in [0.2, 0.25) is 5.02 Å². The van der Waals surface area contributed by atoms with Crippen LogP contribution < -0.4 is 10.1 Å². The molecule has 1 atom stereocenters. The molecule has 0 heterocycles. The number of hydrogen-bond acceptors (Lipinski definition) is 2. The van der Waals surface area contributed by atoms with Crippen molar-refractivity contribution in [1.82, 2.24) is 5.32 Å². The van der Waals surface area contributed by atoms with Crippen LogP contribution in [0.4, 0.5) is 4.39 Å². The molecule has 0 saturated carbocycles. The van der Waals surface area contributed by atoms with Crippen molar-refractivity contribution >= 4 is 11.6 Å². The highest BCUT2D eigenvalue weighted by Gasteiger charge is 2.16. The van der Waals surface area contributed by atoms with Crippen LogP contribution in [0.1, 0.15) is 24.9 Å². The molecule has 2 rings (SSSR count). The van der Waals surface area contributed by atoms with Gasteiger partial charge in [0.2, 0.25) is 0 Å². The number of rotatable bonds is 7. The Kier molecular flexibility index (Phi) is 6.03. The highest BCUT2D eigenvalue weighted by atomic mass is 35.5. The summed E-state index contributed by atoms with van der Waals surface area (Å²) in [6.45, 7) is 3.23. The van der Waals surface area contributed by atoms with Gasteiger partial charge in [-0.15, -0.1) is 0 Å². The van der Waals surface area contributed by atoms with Gasteiger partial charge in [0, 0.05) is 10.6 Å². The molecule has 21 heavy (non-hydrogen) atoms. The van der Waals surface area contributed by atoms with E-state index < -0.39 is 0 Å². The molecule has 0 aromatic heterocycles. The van der Waals surface area contributed by atoms with E-state index in [-0.39, 0.29) is 11.9 Å². The van der Waals surface area contributed by atoms with Crippen molar-refractivity contribution in [3.8, 4) is 5.75 Å². The number of hydrogen-bond donors (Lipinski definition) is 1. The lowest BCUT2D eigenvalue weighted by Crippen LogP contribution is -2.28. The first kappa shape index (κ1) is 15.8. The van der Waals surface area contributed by atoms with E-state index in [9.17, 15) is 4.39 Å². The molecule has 0 aliphatic heterocycles. The fourth-order valence-electron chi connectivity index (χ4n) is 2.06. The maximum atomic E-state index is 14.1. The quantitative estimate of drug-likeness (QED) is 0.807. The molecule has 0 bridgehead atoms. The Balaban J connectivity index is 2.10. The average molecular weight is 308 g/mol. The molecule has 2 aromatic rings. The smallest absolute Gasteiger partial charge is 0.129 e. The first-order chi connectivity index (χ1) is 10.2. The van der Waals surface area contributed by atoms with Gasteiger partial charge in [-0.3, -0.25) is 0 Å². The van der Waals surface area contributed by atoms with Crippen molar-refractivity contribution in [2.24, 2.45) is 0 Å². The van der Waals surface area contributed by atoms with Gasteiger partial charge < -0.3 is 10.1 Å². The maximum absolute atomic E-state index is 14.1. The lowest BCUT2D eigenvalue weighted by molar-refractivity contribution is 0.263. The molecule has 0 radical (unpaired) electrons. The second-order valence-corrected chi connectivity index (χ2v) is 5.23. The molecule has 4 heteroatoms. The molecule has 2 nitrogen and oxygen atoms in total. The van der Waals surface area contributed by atoms with Crippen molar-refractivity contribution in [1.29, 1.82) is 0 Å². The van der Waals surface area contributed by atoms with Crippen LogP contribution in [-0.4, -0.2) is 13.2 Å². The summed E-state index contributed by atoms with van der Waals surface area (Å²) in [6.07, 6.45) is 0.969. The van der Waals surface area contributed by atoms with Crippen LogP contribution >= 0.6 is 11.6 Å². The summed E-state index contributed by atoms with van der Waals surface area (Å²) in [4.78, 5) is 0. The van der Waals surface area contributed by atoms with Crippen LogP contribution in [-0.2, 0) is 0 Å². The normalized spacial score (nSPS) is 12.1. The maximum Gasteiger partial charge on any atom is 0.129 e. The van der Waals surface area contributed by atoms with Gasteiger partial charge in [0.1, 0.15) is 18.2 Å². The van der Waals surface area contributed by atoms with E-state index in [1.165, 1.54) is 6.07 Å². The van der Waals surface area contributed by atoms with Crippen molar-refractivity contribution in [2.45, 2.75) is 19.4 Å². The molecule has 1 unspecified atom stereocenters. The van der Waals surface area contributed by atoms with Gasteiger partial charge in [-0.2, -0.15) is 0 Å². The lowest BCUT2D eigenvalue weighted by Gasteiger charge is -2.20. The fraction of sp³-hybridized carbons (Fsp3) is 0.294. The predicted molar refractivity (Wildman–Crippen MR) is 84.4 cm³/mol. The van der Waals surface area contributed by atoms with E-state index in [4.69, 9.17) is 16.3 Å². The Morgan fingerprint density at radius 1 is 1.19 bits per heavy atom. The van der Waals surface area contributed by atoms with Crippen molar-refractivity contribution < 1.29 is 9.13 Å². The van der Waals surface area contributed by atoms with Gasteiger partial charge in [-0.1, -0.05) is 42.8 Å². The minimum atomic E-state index is -0.312. The third-order valence-corrected chi connectivity index (χ3v) is 3.37. The molecule has 1 N–H and O–H groups in total. The van der Waals surface area contributed by atoms with Crippen LogP contribution in [0.5, 0.6) is 5.75 Å². The number of benzene rings is 2. The van der Waals surface area contributed by atoms with Crippen molar-refractivity contribution in [3.63, 3.8) is 0 Å². The van der Waals surface area contributed by atoms with Crippen LogP contribution in [0, 0.1) is 5.82 Å². The summed E-state index contributed by atoms with van der Waals surface area (Å²) in [7, 11) is 0. The molecule has 0 aliphatic rings. The Morgan fingerprint density at radius 2 is 1.95 bits per heavy atom. The van der Waals surface area contributed by atoms with Gasteiger partial charge in [0.05, 0.1) is 6.04 Å². The van der Waals surface area contributed by atoms with Crippen LogP contribution in [0.15, 0.2) is 48.5 Å². The zero-order valence-corrected chi connectivity index (χ0v) is 12.7. The molecule has 0 aliphatic carbocycles. The summed E-state index contributed by atoms with van der Waals surface area (Å²) in [5.74, 6) is 0.461. The molecule has 0 spiro atoms. The van der Waals surface area contributed by atoms with E-state index in [1.807, 2.05) is 30.3 Å². The first-order valence-electron chi connectivity index (χ1n) is 7.07. The number of nitrogens with one attached hydrogen (secondary N) is 1. The third kappa shape index (κ3) is 4.73. The molecular formula is C17H19ClFNO. The van der Waals surface area contributed by atoms with Crippen molar-refractivity contribution in [2.75, 3.05) is 13.2 Å². The van der Waals surface area contributed by atoms with E-state index in [0.29, 0.717) is 17.2 Å². The summed E-state index contributed by atoms with van der Waals surface area (Å²) in [5.41, 5.74) is 0.573. The lowest BCUT2D eigenvalue weighted by atomic mass is 10.1. The van der Waals surface area contributed by atoms with E-state index in [2.05, 4.69) is 12.2 Å². The van der Waals surface area contributed by atoms with Gasteiger partial charge in [-0.25, -0.2) is 4.39 Å². The Bertz CT molecular complexity index is 562. The topological polar surface area (TPSA) is 21.3 Å². The van der Waals surface area contributed by atoms with Crippen LogP contribution in [0.25, 0.3) is 0 Å². The van der Waals surface area contributed by atoms with Crippen molar-refractivity contribution in [3.05, 3.63) is 64.9 Å². The Labute approximate surface area is 129 Å². The number of para-hydroxylation sites is 1. The van der Waals surface area contributed by atoms with Crippen LogP contribution in [0.3, 0.4) is 0 Å². The largest absolute Gasteiger partial charge is 0.492 e. The first-order valence-corrected chi connectivity index (χ1v) is 7.44. The molecular weight excluding hydrogens is 289 g/mol. The monoisotopic (exact) mass is 307 g/mol. The van der Waals surface area contributed by atoms with E-state index in [1.54, 1.807) is 12.1 Å². The minimum absolute atomic E-state index is 0.206.